The van der Waals surface area contributed by atoms with Crippen LogP contribution in [0.3, 0.4) is 0 Å². The first kappa shape index (κ1) is 17.1. The van der Waals surface area contributed by atoms with Gasteiger partial charge < -0.3 is 19.5 Å². The van der Waals surface area contributed by atoms with E-state index >= 15 is 0 Å². The van der Waals surface area contributed by atoms with E-state index in [0.29, 0.717) is 31.7 Å². The topological polar surface area (TPSA) is 65.8 Å². The zero-order valence-electron chi connectivity index (χ0n) is 16.0. The standard InChI is InChI=1S/C22H22FN3O3/c23-14-3-1-13(2-4-14)11-24-10-7-16-17(20(24)28)19(27)18-21(29)25(15-5-6-15)12-22(8-9-22)26(16)18/h1-4,15,27H,5-12H2. The second-order valence-corrected chi connectivity index (χ2v) is 8.85. The number of amides is 2. The van der Waals surface area contributed by atoms with E-state index < -0.39 is 0 Å². The fourth-order valence-corrected chi connectivity index (χ4v) is 5.05. The van der Waals surface area contributed by atoms with Gasteiger partial charge in [-0.25, -0.2) is 4.39 Å². The molecule has 0 radical (unpaired) electrons. The van der Waals surface area contributed by atoms with Crippen LogP contribution < -0.4 is 0 Å². The minimum atomic E-state index is -0.313. The van der Waals surface area contributed by atoms with E-state index in [1.165, 1.54) is 12.1 Å². The average Bonchev–Trinajstić information content (AvgIpc) is 3.62. The Balaban J connectivity index is 1.39. The monoisotopic (exact) mass is 395 g/mol. The summed E-state index contributed by atoms with van der Waals surface area (Å²) in [5, 5.41) is 11.0. The van der Waals surface area contributed by atoms with Crippen molar-refractivity contribution >= 4 is 11.8 Å². The predicted octanol–water partition coefficient (Wildman–Crippen LogP) is 2.64. The number of nitrogens with zero attached hydrogens (tertiary/aromatic N) is 3. The molecule has 0 saturated heterocycles. The van der Waals surface area contributed by atoms with Crippen molar-refractivity contribution < 1.29 is 19.1 Å². The van der Waals surface area contributed by atoms with Crippen LogP contribution in [-0.4, -0.2) is 50.4 Å². The Morgan fingerprint density at radius 1 is 1.10 bits per heavy atom. The van der Waals surface area contributed by atoms with Crippen molar-refractivity contribution in [3.63, 3.8) is 0 Å². The molecule has 2 fully saturated rings. The van der Waals surface area contributed by atoms with Crippen LogP contribution in [0.1, 0.15) is 57.8 Å². The molecule has 0 bridgehead atoms. The van der Waals surface area contributed by atoms with Crippen molar-refractivity contribution in [1.29, 1.82) is 0 Å². The molecule has 1 spiro atoms. The fourth-order valence-electron chi connectivity index (χ4n) is 5.05. The van der Waals surface area contributed by atoms with Gasteiger partial charge in [0.2, 0.25) is 0 Å². The van der Waals surface area contributed by atoms with Crippen LogP contribution in [0.4, 0.5) is 4.39 Å². The summed E-state index contributed by atoms with van der Waals surface area (Å²) < 4.78 is 15.2. The lowest BCUT2D eigenvalue weighted by Gasteiger charge is -2.37. The molecular weight excluding hydrogens is 373 g/mol. The molecule has 0 atom stereocenters. The Morgan fingerprint density at radius 3 is 2.48 bits per heavy atom. The first-order chi connectivity index (χ1) is 14.0. The van der Waals surface area contributed by atoms with Crippen molar-refractivity contribution in [2.24, 2.45) is 0 Å². The number of aromatic hydroxyl groups is 1. The van der Waals surface area contributed by atoms with E-state index in [2.05, 4.69) is 0 Å². The van der Waals surface area contributed by atoms with Gasteiger partial charge in [0.15, 0.2) is 11.4 Å². The molecule has 2 saturated carbocycles. The lowest BCUT2D eigenvalue weighted by atomic mass is 10.0. The third-order valence-corrected chi connectivity index (χ3v) is 6.87. The molecule has 29 heavy (non-hydrogen) atoms. The molecule has 150 valence electrons. The largest absolute Gasteiger partial charge is 0.505 e. The molecule has 2 aliphatic heterocycles. The Hall–Kier alpha value is -2.83. The van der Waals surface area contributed by atoms with Crippen LogP contribution in [0.2, 0.25) is 0 Å². The highest BCUT2D eigenvalue weighted by atomic mass is 19.1. The first-order valence-corrected chi connectivity index (χ1v) is 10.3. The molecule has 0 unspecified atom stereocenters. The van der Waals surface area contributed by atoms with Crippen molar-refractivity contribution in [3.05, 3.63) is 52.6 Å². The van der Waals surface area contributed by atoms with Crippen LogP contribution >= 0.6 is 0 Å². The van der Waals surface area contributed by atoms with E-state index in [1.807, 2.05) is 9.47 Å². The molecule has 7 heteroatoms. The quantitative estimate of drug-likeness (QED) is 0.869. The van der Waals surface area contributed by atoms with Gasteiger partial charge in [-0.2, -0.15) is 0 Å². The zero-order valence-corrected chi connectivity index (χ0v) is 16.0. The predicted molar refractivity (Wildman–Crippen MR) is 102 cm³/mol. The minimum absolute atomic E-state index is 0.143. The SMILES string of the molecule is O=C1c2c(O)c3n(c2CCN1Cc1ccc(F)cc1)C1(CC1)CN(C1CC1)C3=O. The lowest BCUT2D eigenvalue weighted by molar-refractivity contribution is 0.0624. The van der Waals surface area contributed by atoms with E-state index in [0.717, 1.165) is 36.9 Å². The number of hydrogen-bond acceptors (Lipinski definition) is 3. The van der Waals surface area contributed by atoms with Gasteiger partial charge in [-0.05, 0) is 43.4 Å². The van der Waals surface area contributed by atoms with Crippen molar-refractivity contribution in [3.8, 4) is 5.75 Å². The number of aromatic nitrogens is 1. The molecule has 1 aromatic carbocycles. The van der Waals surface area contributed by atoms with E-state index in [4.69, 9.17) is 0 Å². The number of fused-ring (bicyclic) bond motifs is 4. The fraction of sp³-hybridized carbons (Fsp3) is 0.455. The Kier molecular flexibility index (Phi) is 3.30. The average molecular weight is 395 g/mol. The molecule has 6 rings (SSSR count). The van der Waals surface area contributed by atoms with Gasteiger partial charge in [-0.1, -0.05) is 12.1 Å². The highest BCUT2D eigenvalue weighted by molar-refractivity contribution is 6.06. The molecule has 6 nitrogen and oxygen atoms in total. The van der Waals surface area contributed by atoms with Crippen LogP contribution in [-0.2, 0) is 18.5 Å². The summed E-state index contributed by atoms with van der Waals surface area (Å²) in [4.78, 5) is 30.0. The van der Waals surface area contributed by atoms with Crippen molar-refractivity contribution in [2.75, 3.05) is 13.1 Å². The highest BCUT2D eigenvalue weighted by Gasteiger charge is 2.57. The molecule has 2 amide bonds. The van der Waals surface area contributed by atoms with Gasteiger partial charge in [-0.3, -0.25) is 9.59 Å². The number of benzene rings is 1. The maximum atomic E-state index is 13.2. The number of carbonyl (C=O) groups is 2. The van der Waals surface area contributed by atoms with Crippen LogP contribution in [0.25, 0.3) is 0 Å². The van der Waals surface area contributed by atoms with Gasteiger partial charge >= 0.3 is 0 Å². The summed E-state index contributed by atoms with van der Waals surface area (Å²) in [6, 6.07) is 6.38. The number of halogens is 1. The summed E-state index contributed by atoms with van der Waals surface area (Å²) in [6.07, 6.45) is 4.60. The maximum absolute atomic E-state index is 13.2. The summed E-state index contributed by atoms with van der Waals surface area (Å²) in [5.74, 6) is -0.867. The molecule has 2 aliphatic carbocycles. The lowest BCUT2D eigenvalue weighted by Crippen LogP contribution is -2.48. The molecule has 4 aliphatic rings. The molecule has 1 N–H and O–H groups in total. The van der Waals surface area contributed by atoms with E-state index in [1.54, 1.807) is 17.0 Å². The second kappa shape index (κ2) is 5.62. The van der Waals surface area contributed by atoms with Crippen molar-refractivity contribution in [1.82, 2.24) is 14.4 Å². The minimum Gasteiger partial charge on any atom is -0.505 e. The van der Waals surface area contributed by atoms with Gasteiger partial charge in [0.25, 0.3) is 11.8 Å². The Morgan fingerprint density at radius 2 is 1.83 bits per heavy atom. The Labute approximate surface area is 167 Å². The van der Waals surface area contributed by atoms with Crippen LogP contribution in [0, 0.1) is 5.82 Å². The molecule has 1 aromatic heterocycles. The summed E-state index contributed by atoms with van der Waals surface area (Å²) in [7, 11) is 0. The summed E-state index contributed by atoms with van der Waals surface area (Å²) in [6.45, 7) is 1.56. The number of hydrogen-bond donors (Lipinski definition) is 1. The molecular formula is C22H22FN3O3. The normalized spacial score (nSPS) is 22.1. The van der Waals surface area contributed by atoms with Gasteiger partial charge in [0.1, 0.15) is 11.4 Å². The van der Waals surface area contributed by atoms with Crippen molar-refractivity contribution in [2.45, 2.75) is 50.2 Å². The van der Waals surface area contributed by atoms with E-state index in [-0.39, 0.29) is 40.5 Å². The summed E-state index contributed by atoms with van der Waals surface area (Å²) in [5.41, 5.74) is 2.09. The first-order valence-electron chi connectivity index (χ1n) is 10.3. The third-order valence-electron chi connectivity index (χ3n) is 6.87. The van der Waals surface area contributed by atoms with Crippen LogP contribution in [0.15, 0.2) is 24.3 Å². The third kappa shape index (κ3) is 2.39. The maximum Gasteiger partial charge on any atom is 0.274 e. The molecule has 3 heterocycles. The Bertz CT molecular complexity index is 1050. The number of carbonyl (C=O) groups excluding carboxylic acids is 2. The van der Waals surface area contributed by atoms with Gasteiger partial charge in [0, 0.05) is 37.8 Å². The molecule has 2 aromatic rings. The summed E-state index contributed by atoms with van der Waals surface area (Å²) >= 11 is 0. The zero-order chi connectivity index (χ0) is 19.9. The number of rotatable bonds is 3. The second-order valence-electron chi connectivity index (χ2n) is 8.85. The van der Waals surface area contributed by atoms with E-state index in [9.17, 15) is 19.1 Å². The highest BCUT2D eigenvalue weighted by Crippen LogP contribution is 2.53. The smallest absolute Gasteiger partial charge is 0.274 e. The van der Waals surface area contributed by atoms with Gasteiger partial charge in [0.05, 0.1) is 5.54 Å². The van der Waals surface area contributed by atoms with Gasteiger partial charge in [-0.15, -0.1) is 0 Å². The van der Waals surface area contributed by atoms with Crippen LogP contribution in [0.5, 0.6) is 5.75 Å².